The highest BCUT2D eigenvalue weighted by Crippen LogP contribution is 2.14. The highest BCUT2D eigenvalue weighted by atomic mass is 16.3. The third-order valence-electron chi connectivity index (χ3n) is 2.35. The molecule has 0 radical (unpaired) electrons. The Morgan fingerprint density at radius 3 is 2.62 bits per heavy atom. The Labute approximate surface area is 78.8 Å². The van der Waals surface area contributed by atoms with Gasteiger partial charge in [0.1, 0.15) is 0 Å². The van der Waals surface area contributed by atoms with Gasteiger partial charge in [0, 0.05) is 18.2 Å². The first-order chi connectivity index (χ1) is 6.13. The Morgan fingerprint density at radius 1 is 1.54 bits per heavy atom. The van der Waals surface area contributed by atoms with Gasteiger partial charge in [-0.1, -0.05) is 13.8 Å². The van der Waals surface area contributed by atoms with E-state index in [0.29, 0.717) is 12.3 Å². The fourth-order valence-corrected chi connectivity index (χ4v) is 1.37. The summed E-state index contributed by atoms with van der Waals surface area (Å²) in [6, 6.07) is 0.0668. The molecule has 0 fully saturated rings. The van der Waals surface area contributed by atoms with Crippen molar-refractivity contribution in [2.45, 2.75) is 32.7 Å². The second-order valence-corrected chi connectivity index (χ2v) is 3.81. The maximum absolute atomic E-state index is 10.9. The largest absolute Gasteiger partial charge is 0.394 e. The van der Waals surface area contributed by atoms with Crippen molar-refractivity contribution in [1.82, 2.24) is 5.32 Å². The zero-order chi connectivity index (χ0) is 9.84. The summed E-state index contributed by atoms with van der Waals surface area (Å²) >= 11 is 0. The summed E-state index contributed by atoms with van der Waals surface area (Å²) in [4.78, 5) is 10.9. The van der Waals surface area contributed by atoms with Crippen molar-refractivity contribution in [2.75, 3.05) is 6.61 Å². The average Bonchev–Trinajstić information content (AvgIpc) is 2.46. The van der Waals surface area contributed by atoms with Crippen molar-refractivity contribution in [1.29, 1.82) is 0 Å². The fourth-order valence-electron chi connectivity index (χ4n) is 1.37. The lowest BCUT2D eigenvalue weighted by atomic mass is 10.1. The predicted octanol–water partition coefficient (Wildman–Crippen LogP) is 0.840. The van der Waals surface area contributed by atoms with Gasteiger partial charge in [0.25, 0.3) is 0 Å². The fraction of sp³-hybridized carbons (Fsp3) is 0.700. The van der Waals surface area contributed by atoms with Crippen molar-refractivity contribution in [3.63, 3.8) is 0 Å². The van der Waals surface area contributed by atoms with Gasteiger partial charge in [-0.15, -0.1) is 0 Å². The molecule has 1 rings (SSSR count). The number of aliphatic hydroxyl groups is 1. The van der Waals surface area contributed by atoms with Gasteiger partial charge in [-0.2, -0.15) is 0 Å². The van der Waals surface area contributed by atoms with Crippen LogP contribution in [0.5, 0.6) is 0 Å². The normalized spacial score (nSPS) is 19.1. The number of ketones is 1. The Hall–Kier alpha value is -0.830. The van der Waals surface area contributed by atoms with Crippen molar-refractivity contribution < 1.29 is 9.90 Å². The summed E-state index contributed by atoms with van der Waals surface area (Å²) < 4.78 is 0. The van der Waals surface area contributed by atoms with Crippen LogP contribution in [-0.4, -0.2) is 23.5 Å². The molecular weight excluding hydrogens is 166 g/mol. The molecule has 1 unspecified atom stereocenters. The Bertz CT molecular complexity index is 221. The highest BCUT2D eigenvalue weighted by Gasteiger charge is 2.17. The van der Waals surface area contributed by atoms with Gasteiger partial charge in [0.15, 0.2) is 5.78 Å². The van der Waals surface area contributed by atoms with Gasteiger partial charge in [0.2, 0.25) is 0 Å². The second-order valence-electron chi connectivity index (χ2n) is 3.81. The Morgan fingerprint density at radius 2 is 2.23 bits per heavy atom. The highest BCUT2D eigenvalue weighted by molar-refractivity contribution is 5.92. The number of nitrogens with one attached hydrogen (secondary N) is 1. The van der Waals surface area contributed by atoms with E-state index in [2.05, 4.69) is 5.32 Å². The number of carbonyl (C=O) groups excluding carboxylic acids is 1. The van der Waals surface area contributed by atoms with E-state index in [0.717, 1.165) is 12.1 Å². The van der Waals surface area contributed by atoms with Crippen LogP contribution in [0.4, 0.5) is 0 Å². The molecule has 1 atom stereocenters. The number of rotatable bonds is 4. The van der Waals surface area contributed by atoms with Crippen LogP contribution in [0.2, 0.25) is 0 Å². The smallest absolute Gasteiger partial charge is 0.157 e. The van der Waals surface area contributed by atoms with Crippen LogP contribution < -0.4 is 5.32 Å². The van der Waals surface area contributed by atoms with Crippen LogP contribution >= 0.6 is 0 Å². The minimum Gasteiger partial charge on any atom is -0.394 e. The standard InChI is InChI=1S/C10H17NO2/c1-7(2)10(6-12)11-8-3-4-9(13)5-8/h5,7,10-12H,3-4,6H2,1-2H3. The van der Waals surface area contributed by atoms with Gasteiger partial charge in [0.05, 0.1) is 12.6 Å². The lowest BCUT2D eigenvalue weighted by Gasteiger charge is -2.21. The molecule has 0 saturated carbocycles. The number of carbonyl (C=O) groups is 1. The minimum absolute atomic E-state index is 0.0668. The quantitative estimate of drug-likeness (QED) is 0.679. The van der Waals surface area contributed by atoms with E-state index in [-0.39, 0.29) is 18.4 Å². The molecule has 0 amide bonds. The molecule has 13 heavy (non-hydrogen) atoms. The molecule has 1 aliphatic carbocycles. The topological polar surface area (TPSA) is 49.3 Å². The summed E-state index contributed by atoms with van der Waals surface area (Å²) in [7, 11) is 0. The molecule has 0 aromatic rings. The third-order valence-corrected chi connectivity index (χ3v) is 2.35. The zero-order valence-corrected chi connectivity index (χ0v) is 8.21. The van der Waals surface area contributed by atoms with E-state index >= 15 is 0 Å². The van der Waals surface area contributed by atoms with Crippen LogP contribution in [0.15, 0.2) is 11.8 Å². The maximum Gasteiger partial charge on any atom is 0.157 e. The van der Waals surface area contributed by atoms with Crippen molar-refractivity contribution >= 4 is 5.78 Å². The predicted molar refractivity (Wildman–Crippen MR) is 51.2 cm³/mol. The first kappa shape index (κ1) is 10.3. The van der Waals surface area contributed by atoms with Crippen LogP contribution in [0.1, 0.15) is 26.7 Å². The molecule has 0 spiro atoms. The summed E-state index contributed by atoms with van der Waals surface area (Å²) in [6.45, 7) is 4.21. The summed E-state index contributed by atoms with van der Waals surface area (Å²) in [5.41, 5.74) is 0.970. The zero-order valence-electron chi connectivity index (χ0n) is 8.21. The minimum atomic E-state index is 0.0668. The number of hydrogen-bond donors (Lipinski definition) is 2. The first-order valence-electron chi connectivity index (χ1n) is 4.74. The summed E-state index contributed by atoms with van der Waals surface area (Å²) in [5, 5.41) is 12.2. The average molecular weight is 183 g/mol. The molecule has 74 valence electrons. The molecule has 0 bridgehead atoms. The van der Waals surface area contributed by atoms with Crippen molar-refractivity contribution in [2.24, 2.45) is 5.92 Å². The van der Waals surface area contributed by atoms with Crippen molar-refractivity contribution in [3.8, 4) is 0 Å². The van der Waals surface area contributed by atoms with E-state index < -0.39 is 0 Å². The molecule has 1 aliphatic rings. The molecule has 0 saturated heterocycles. The molecule has 0 aromatic heterocycles. The lowest BCUT2D eigenvalue weighted by Crippen LogP contribution is -2.36. The number of hydrogen-bond acceptors (Lipinski definition) is 3. The van der Waals surface area contributed by atoms with Gasteiger partial charge in [-0.25, -0.2) is 0 Å². The van der Waals surface area contributed by atoms with Crippen LogP contribution in [0.3, 0.4) is 0 Å². The van der Waals surface area contributed by atoms with Gasteiger partial charge < -0.3 is 10.4 Å². The molecule has 2 N–H and O–H groups in total. The monoisotopic (exact) mass is 183 g/mol. The maximum atomic E-state index is 10.9. The lowest BCUT2D eigenvalue weighted by molar-refractivity contribution is -0.114. The van der Waals surface area contributed by atoms with Crippen LogP contribution in [0.25, 0.3) is 0 Å². The van der Waals surface area contributed by atoms with Crippen molar-refractivity contribution in [3.05, 3.63) is 11.8 Å². The number of aliphatic hydroxyl groups excluding tert-OH is 1. The molecule has 0 aromatic carbocycles. The third kappa shape index (κ3) is 2.84. The SMILES string of the molecule is CC(C)C(CO)NC1=CC(=O)CC1. The van der Waals surface area contributed by atoms with Gasteiger partial charge in [-0.3, -0.25) is 4.79 Å². The van der Waals surface area contributed by atoms with E-state index in [1.807, 2.05) is 13.8 Å². The Kier molecular flexibility index (Phi) is 3.48. The van der Waals surface area contributed by atoms with E-state index in [1.165, 1.54) is 0 Å². The molecule has 3 nitrogen and oxygen atoms in total. The molecule has 0 aliphatic heterocycles. The van der Waals surface area contributed by atoms with Crippen LogP contribution in [-0.2, 0) is 4.79 Å². The first-order valence-corrected chi connectivity index (χ1v) is 4.74. The molecule has 3 heteroatoms. The molecule has 0 heterocycles. The second kappa shape index (κ2) is 4.42. The summed E-state index contributed by atoms with van der Waals surface area (Å²) in [5.74, 6) is 0.560. The van der Waals surface area contributed by atoms with E-state index in [9.17, 15) is 4.79 Å². The number of allylic oxidation sites excluding steroid dienone is 2. The van der Waals surface area contributed by atoms with Gasteiger partial charge >= 0.3 is 0 Å². The summed E-state index contributed by atoms with van der Waals surface area (Å²) in [6.07, 6.45) is 3.05. The van der Waals surface area contributed by atoms with E-state index in [1.54, 1.807) is 6.08 Å². The van der Waals surface area contributed by atoms with Gasteiger partial charge in [-0.05, 0) is 12.3 Å². The molecular formula is C10H17NO2. The van der Waals surface area contributed by atoms with Crippen LogP contribution in [0, 0.1) is 5.92 Å². The Balaban J connectivity index is 2.47. The van der Waals surface area contributed by atoms with E-state index in [4.69, 9.17) is 5.11 Å².